The Hall–Kier alpha value is -9.88. The highest BCUT2D eigenvalue weighted by Crippen LogP contribution is 2.36. The minimum Gasteiger partial charge on any atom is -0.748 e. The molecule has 1 unspecified atom stereocenters. The summed E-state index contributed by atoms with van der Waals surface area (Å²) in [5.41, 5.74) is -0.292. The van der Waals surface area contributed by atoms with Gasteiger partial charge in [0.25, 0.3) is 0 Å². The van der Waals surface area contributed by atoms with Crippen LogP contribution in [-0.4, -0.2) is 81.1 Å². The molecule has 0 saturated heterocycles. The third-order valence-corrected chi connectivity index (χ3v) is 21.0. The van der Waals surface area contributed by atoms with E-state index < -0.39 is 100 Å². The van der Waals surface area contributed by atoms with E-state index in [1.54, 1.807) is 6.92 Å². The van der Waals surface area contributed by atoms with Crippen molar-refractivity contribution < 1.29 is 98.2 Å². The Morgan fingerprint density at radius 3 is 0.808 bits per heavy atom. The summed E-state index contributed by atoms with van der Waals surface area (Å²) in [6, 6.07) is 92.9. The van der Waals surface area contributed by atoms with Gasteiger partial charge in [-0.25, -0.2) is 48.4 Å². The van der Waals surface area contributed by atoms with Crippen molar-refractivity contribution in [2.24, 2.45) is 0 Å². The molecule has 10 aromatic carbocycles. The van der Waals surface area contributed by atoms with Crippen molar-refractivity contribution >= 4 is 80.9 Å². The van der Waals surface area contributed by atoms with Crippen LogP contribution in [0.4, 0.5) is 30.7 Å². The van der Waals surface area contributed by atoms with Crippen molar-refractivity contribution in [3.63, 3.8) is 0 Å². The van der Waals surface area contributed by atoms with E-state index in [0.717, 1.165) is 13.8 Å². The lowest BCUT2D eigenvalue weighted by molar-refractivity contribution is -0.213. The number of benzene rings is 10. The molecule has 0 saturated carbocycles. The van der Waals surface area contributed by atoms with Gasteiger partial charge in [-0.15, -0.1) is 0 Å². The van der Waals surface area contributed by atoms with Crippen LogP contribution in [-0.2, 0) is 82.2 Å². The standard InChI is InChI=1S/C22H19O2S.2C18H15S.C10H6F4O5S.C7H9F3O5S.CH4O3S/c1-17(2)22(23)24-18-13-15-21(16-14-18)25(19-9-5-3-6-10-19)20-11-7-4-8-12-20;2*1-4-10-16(11-5-1)19(17-12-6-2-7-13-17)18-14-8-3-9-15-18;1-3(2)10(15)19-8-4(11)6(13)9(20(16,17)18)7(14)5(8)12;1-4(2)6(11)15-5(7(8,9)10)3-16(12,13)14;1-5(2,3)4/h3-16H,1H2,2H3;2*1-15H;1H2,2H3,(H,16,17,18);5H,1,3H2,2H3,(H,12,13,14);1H3,(H,2,3,4)/q3*+1;;;/p-3. The van der Waals surface area contributed by atoms with Crippen LogP contribution >= 0.6 is 0 Å². The predicted octanol–water partition coefficient (Wildman–Crippen LogP) is 16.2. The second-order valence-electron chi connectivity index (χ2n) is 21.2. The van der Waals surface area contributed by atoms with Gasteiger partial charge in [0.15, 0.2) is 55.7 Å². The van der Waals surface area contributed by atoms with E-state index in [2.05, 4.69) is 260 Å². The van der Waals surface area contributed by atoms with Crippen molar-refractivity contribution in [1.29, 1.82) is 0 Å². The number of alkyl halides is 3. The maximum Gasteiger partial charge on any atom is 0.426 e. The van der Waals surface area contributed by atoms with E-state index in [9.17, 15) is 71.1 Å². The summed E-state index contributed by atoms with van der Waals surface area (Å²) in [5.74, 6) is -16.0. The molecule has 0 aliphatic rings. The molecule has 0 fully saturated rings. The molecule has 28 heteroatoms. The number of halogens is 7. The molecule has 10 aromatic rings. The molecular weight excluding hydrogens is 1480 g/mol. The van der Waals surface area contributed by atoms with Gasteiger partial charge in [-0.1, -0.05) is 165 Å². The van der Waals surface area contributed by atoms with Crippen molar-refractivity contribution in [3.8, 4) is 11.5 Å². The van der Waals surface area contributed by atoms with Gasteiger partial charge in [-0.2, -0.15) is 22.0 Å². The first-order chi connectivity index (χ1) is 49.0. The molecule has 0 N–H and O–H groups in total. The predicted molar refractivity (Wildman–Crippen MR) is 381 cm³/mol. The summed E-state index contributed by atoms with van der Waals surface area (Å²) in [7, 11) is -15.1. The highest BCUT2D eigenvalue weighted by molar-refractivity contribution is 7.97. The fourth-order valence-corrected chi connectivity index (χ4v) is 15.7. The van der Waals surface area contributed by atoms with Gasteiger partial charge in [0.2, 0.25) is 23.5 Å². The summed E-state index contributed by atoms with van der Waals surface area (Å²) >= 11 is 0. The Bertz CT molecular complexity index is 4450. The van der Waals surface area contributed by atoms with Crippen molar-refractivity contribution in [3.05, 3.63) is 327 Å². The quantitative estimate of drug-likeness (QED) is 0.0147. The highest BCUT2D eigenvalue weighted by Gasteiger charge is 2.44. The molecule has 0 radical (unpaired) electrons. The Morgan fingerprint density at radius 2 is 0.606 bits per heavy atom. The van der Waals surface area contributed by atoms with Crippen LogP contribution in [0.3, 0.4) is 0 Å². The Kier molecular flexibility index (Phi) is 32.8. The number of esters is 3. The molecule has 0 aliphatic carbocycles. The topological polar surface area (TPSA) is 250 Å². The Labute approximate surface area is 607 Å². The van der Waals surface area contributed by atoms with E-state index in [1.807, 2.05) is 36.4 Å². The number of carbonyl (C=O) groups is 3. The third-order valence-electron chi connectivity index (χ3n) is 12.7. The Balaban J connectivity index is 0.000000231. The molecule has 0 amide bonds. The molecule has 544 valence electrons. The first kappa shape index (κ1) is 84.8. The van der Waals surface area contributed by atoms with Gasteiger partial charge in [0.1, 0.15) is 20.8 Å². The molecule has 10 rings (SSSR count). The average Bonchev–Trinajstić information content (AvgIpc) is 0.772. The third kappa shape index (κ3) is 28.1. The van der Waals surface area contributed by atoms with Crippen molar-refractivity contribution in [1.82, 2.24) is 0 Å². The number of rotatable bonds is 18. The van der Waals surface area contributed by atoms with E-state index in [4.69, 9.17) is 17.7 Å². The van der Waals surface area contributed by atoms with Crippen LogP contribution in [0.25, 0.3) is 0 Å². The molecule has 1 atom stereocenters. The fourth-order valence-electron chi connectivity index (χ4n) is 8.21. The van der Waals surface area contributed by atoms with Gasteiger partial charge in [0.05, 0.1) is 58.7 Å². The zero-order valence-electron chi connectivity index (χ0n) is 55.5. The molecule has 104 heavy (non-hydrogen) atoms. The van der Waals surface area contributed by atoms with E-state index >= 15 is 0 Å². The van der Waals surface area contributed by atoms with Crippen LogP contribution < -0.4 is 9.47 Å². The molecule has 15 nitrogen and oxygen atoms in total. The number of carbonyl (C=O) groups excluding carboxylic acids is 3. The van der Waals surface area contributed by atoms with E-state index in [-0.39, 0.29) is 43.8 Å². The van der Waals surface area contributed by atoms with E-state index in [1.165, 1.54) is 44.1 Å². The molecular formula is C76H65F7O15S6. The summed E-state index contributed by atoms with van der Waals surface area (Å²) in [4.78, 5) is 43.0. The lowest BCUT2D eigenvalue weighted by Gasteiger charge is -2.21. The lowest BCUT2D eigenvalue weighted by Crippen LogP contribution is -2.39. The molecule has 0 aromatic heterocycles. The summed E-state index contributed by atoms with van der Waals surface area (Å²) < 4.78 is 192. The zero-order chi connectivity index (χ0) is 77.0. The highest BCUT2D eigenvalue weighted by atomic mass is 32.2. The van der Waals surface area contributed by atoms with Gasteiger partial charge < -0.3 is 27.9 Å². The maximum absolute atomic E-state index is 13.4. The maximum atomic E-state index is 13.4. The molecule has 0 heterocycles. The monoisotopic (exact) mass is 1540 g/mol. The second-order valence-corrected chi connectivity index (χ2v) is 31.5. The number of hydrogen-bond donors (Lipinski definition) is 0. The van der Waals surface area contributed by atoms with Crippen LogP contribution in [0.1, 0.15) is 20.8 Å². The van der Waals surface area contributed by atoms with Crippen LogP contribution in [0.15, 0.2) is 352 Å². The van der Waals surface area contributed by atoms with Crippen LogP contribution in [0.5, 0.6) is 11.5 Å². The molecule has 0 aliphatic heterocycles. The van der Waals surface area contributed by atoms with Crippen molar-refractivity contribution in [2.75, 3.05) is 12.0 Å². The summed E-state index contributed by atoms with van der Waals surface area (Å²) in [6.07, 6.45) is -7.49. The molecule has 0 spiro atoms. The molecule has 0 bridgehead atoms. The number of hydrogen-bond acceptors (Lipinski definition) is 15. The zero-order valence-corrected chi connectivity index (χ0v) is 60.4. The fraction of sp³-hybridized carbons (Fsp3) is 0.0921. The van der Waals surface area contributed by atoms with Gasteiger partial charge in [-0.3, -0.25) is 0 Å². The second kappa shape index (κ2) is 40.2. The Morgan fingerprint density at radius 1 is 0.385 bits per heavy atom. The first-order valence-corrected chi connectivity index (χ1v) is 38.5. The summed E-state index contributed by atoms with van der Waals surface area (Å²) in [6.45, 7) is 13.5. The lowest BCUT2D eigenvalue weighted by atomic mass is 10.3. The van der Waals surface area contributed by atoms with Gasteiger partial charge >= 0.3 is 24.1 Å². The minimum absolute atomic E-state index is 0.0146. The number of ether oxygens (including phenoxy) is 3. The SMILES string of the molecule is C=C(C)C(=O)OC(CS(=O)(=O)[O-])C(F)(F)F.C=C(C)C(=O)Oc1c(F)c(F)c(S(=O)(=O)[O-])c(F)c1F.C=C(C)C(=O)Oc1ccc([S+](c2ccccc2)c2ccccc2)cc1.CS(=O)(=O)[O-].c1ccc([S+](c2ccccc2)c2ccccc2)cc1.c1ccc([S+](c2ccccc2)c2ccccc2)cc1. The van der Waals surface area contributed by atoms with Crippen LogP contribution in [0, 0.1) is 23.3 Å². The summed E-state index contributed by atoms with van der Waals surface area (Å²) in [5, 5.41) is 0. The van der Waals surface area contributed by atoms with E-state index in [0.29, 0.717) is 17.6 Å². The average molecular weight is 1540 g/mol. The largest absolute Gasteiger partial charge is 0.748 e. The van der Waals surface area contributed by atoms with Gasteiger partial charge in [0, 0.05) is 23.0 Å². The van der Waals surface area contributed by atoms with Crippen LogP contribution in [0.2, 0.25) is 0 Å². The normalized spacial score (nSPS) is 11.3. The minimum atomic E-state index is -5.81. The smallest absolute Gasteiger partial charge is 0.426 e. The van der Waals surface area contributed by atoms with Gasteiger partial charge in [-0.05, 0) is 142 Å². The van der Waals surface area contributed by atoms with Crippen molar-refractivity contribution in [2.45, 2.75) is 82.0 Å². The first-order valence-electron chi connectivity index (χ1n) is 30.0.